The smallest absolute Gasteiger partial charge is 0.0426 e. The zero-order chi connectivity index (χ0) is 8.23. The number of hydrogen-bond donors (Lipinski definition) is 0. The summed E-state index contributed by atoms with van der Waals surface area (Å²) in [6.07, 6.45) is 0. The molecule has 0 atom stereocenters. The molecule has 12 heteroatoms. The van der Waals surface area contributed by atoms with Crippen molar-refractivity contribution in [1.29, 1.82) is 0 Å². The highest BCUT2D eigenvalue weighted by Crippen LogP contribution is 1.87. The van der Waals surface area contributed by atoms with Crippen molar-refractivity contribution in [1.82, 2.24) is 0 Å². The summed E-state index contributed by atoms with van der Waals surface area (Å²) in [7, 11) is 6.70. The molecular formula is H18B3Si9. The van der Waals surface area contributed by atoms with Gasteiger partial charge in [0.1, 0.15) is 0 Å². The molecule has 0 aromatic carbocycles. The van der Waals surface area contributed by atoms with Gasteiger partial charge in [-0.05, 0) is 79.8 Å². The van der Waals surface area contributed by atoms with Gasteiger partial charge < -0.3 is 0 Å². The van der Waals surface area contributed by atoms with Crippen molar-refractivity contribution in [3.8, 4) is 0 Å². The van der Waals surface area contributed by atoms with Crippen LogP contribution in [-0.4, -0.2) is 97.3 Å². The van der Waals surface area contributed by atoms with Gasteiger partial charge in [-0.15, -0.1) is 0 Å². The molecule has 0 aromatic heterocycles. The van der Waals surface area contributed by atoms with Gasteiger partial charge in [0.2, 0.25) is 0 Å². The highest BCUT2D eigenvalue weighted by atomic mass is 29.7. The molecule has 0 saturated carbocycles. The van der Waals surface area contributed by atoms with Crippen molar-refractivity contribution in [3.05, 3.63) is 0 Å². The summed E-state index contributed by atoms with van der Waals surface area (Å²) in [5.41, 5.74) is 3.52. The van der Waals surface area contributed by atoms with E-state index < -0.39 is 0 Å². The normalized spacial score (nSPS) is 41.3. The zero-order valence-corrected chi connectivity index (χ0v) is 20.8. The molecule has 2 heterocycles. The standard InChI is InChI=1S/B3H18Si9/c1-4-7-2(8-5-1)6-3-9-11-12-10-3/h4-12H2. The van der Waals surface area contributed by atoms with Gasteiger partial charge in [-0.3, -0.25) is 0 Å². The first-order valence-electron chi connectivity index (χ1n) is 5.77. The Morgan fingerprint density at radius 1 is 0.833 bits per heavy atom. The topological polar surface area (TPSA) is 0 Å². The molecule has 0 bridgehead atoms. The van der Waals surface area contributed by atoms with Crippen LogP contribution in [0.15, 0.2) is 0 Å². The molecule has 2 saturated heterocycles. The van der Waals surface area contributed by atoms with Gasteiger partial charge in [-0.25, -0.2) is 0 Å². The molecule has 0 amide bonds. The number of rotatable bonds is 2. The van der Waals surface area contributed by atoms with Crippen LogP contribution in [0, 0.1) is 0 Å². The lowest BCUT2D eigenvalue weighted by atomic mass is 10.6. The van der Waals surface area contributed by atoms with Crippen molar-refractivity contribution in [3.63, 3.8) is 0 Å². The van der Waals surface area contributed by atoms with E-state index >= 15 is 0 Å². The number of hydrogen-bond acceptors (Lipinski definition) is 0. The summed E-state index contributed by atoms with van der Waals surface area (Å²) < 4.78 is 0. The van der Waals surface area contributed by atoms with E-state index in [9.17, 15) is 0 Å². The Hall–Kier alpha value is 2.15. The Kier molecular flexibility index (Phi) is 5.23. The second-order valence-electron chi connectivity index (χ2n) is 4.70. The molecule has 2 fully saturated rings. The SMILES string of the molecule is [B]1[SiH2][SiH2]B([SiH2]B2[SiH2][SiH2][SiH2][SiH2]2)[SiH2][SiH2]1. The minimum absolute atomic E-state index is 0.622. The van der Waals surface area contributed by atoms with Crippen molar-refractivity contribution in [2.45, 2.75) is 0 Å². The molecule has 0 unspecified atom stereocenters. The second kappa shape index (κ2) is 5.89. The van der Waals surface area contributed by atoms with Crippen molar-refractivity contribution < 1.29 is 0 Å². The first-order valence-corrected chi connectivity index (χ1v) is 32.3. The van der Waals surface area contributed by atoms with Crippen molar-refractivity contribution >= 4 is 97.3 Å². The van der Waals surface area contributed by atoms with Gasteiger partial charge >= 0.3 is 0 Å². The predicted molar refractivity (Wildman–Crippen MR) is 94.2 cm³/mol. The second-order valence-corrected chi connectivity index (χ2v) is 53.6. The summed E-state index contributed by atoms with van der Waals surface area (Å²) in [5.74, 6) is 0. The third-order valence-corrected chi connectivity index (χ3v) is 95.4. The molecule has 0 N–H and O–H groups in total. The molecule has 12 heavy (non-hydrogen) atoms. The zero-order valence-electron chi connectivity index (χ0n) is 8.10. The monoisotopic (exact) mass is 303 g/mol. The fraction of sp³-hybridized carbons (Fsp3) is 0. The van der Waals surface area contributed by atoms with E-state index in [1.165, 1.54) is 0 Å². The average molecular weight is 303 g/mol. The summed E-state index contributed by atoms with van der Waals surface area (Å²) in [4.78, 5) is 0. The van der Waals surface area contributed by atoms with Crippen LogP contribution in [0.3, 0.4) is 0 Å². The third kappa shape index (κ3) is 3.37. The van der Waals surface area contributed by atoms with Crippen LogP contribution >= 0.6 is 0 Å². The van der Waals surface area contributed by atoms with Crippen LogP contribution in [0.2, 0.25) is 0 Å². The van der Waals surface area contributed by atoms with Crippen molar-refractivity contribution in [2.75, 3.05) is 0 Å². The molecule has 2 rings (SSSR count). The lowest BCUT2D eigenvalue weighted by Crippen LogP contribution is -2.57. The van der Waals surface area contributed by atoms with E-state index in [2.05, 4.69) is 6.46 Å². The molecule has 0 spiro atoms. The van der Waals surface area contributed by atoms with Crippen LogP contribution in [0.1, 0.15) is 0 Å². The van der Waals surface area contributed by atoms with E-state index in [0.29, 0.717) is 44.9 Å². The third-order valence-electron chi connectivity index (χ3n) is 3.70. The van der Waals surface area contributed by atoms with E-state index in [1.807, 2.05) is 0 Å². The molecule has 2 aliphatic rings. The fourth-order valence-electron chi connectivity index (χ4n) is 2.95. The Labute approximate surface area is 96.6 Å². The van der Waals surface area contributed by atoms with Gasteiger partial charge in [0, 0.05) is 0 Å². The highest BCUT2D eigenvalue weighted by Gasteiger charge is 2.27. The first kappa shape index (κ1) is 10.7. The van der Waals surface area contributed by atoms with Crippen LogP contribution in [0.5, 0.6) is 0 Å². The van der Waals surface area contributed by atoms with E-state index in [0.717, 1.165) is 34.9 Å². The summed E-state index contributed by atoms with van der Waals surface area (Å²) in [6.45, 7) is 2.94. The van der Waals surface area contributed by atoms with E-state index in [4.69, 9.17) is 0 Å². The minimum Gasteiger partial charge on any atom is -0.0426 e. The average Bonchev–Trinajstić information content (AvgIpc) is 2.59. The lowest BCUT2D eigenvalue weighted by molar-refractivity contribution is 3.57. The van der Waals surface area contributed by atoms with Crippen LogP contribution in [0.4, 0.5) is 0 Å². The molecule has 0 aromatic rings. The Morgan fingerprint density at radius 3 is 2.08 bits per heavy atom. The van der Waals surface area contributed by atoms with Gasteiger partial charge in [-0.2, -0.15) is 0 Å². The first-order chi connectivity index (χ1) is 5.95. The molecule has 0 aliphatic carbocycles. The molecule has 0 nitrogen and oxygen atoms in total. The van der Waals surface area contributed by atoms with Crippen molar-refractivity contribution in [2.24, 2.45) is 0 Å². The molecule has 63 valence electrons. The molecular weight excluding hydrogens is 285 g/mol. The Balaban J connectivity index is 1.69. The quantitative estimate of drug-likeness (QED) is 0.445. The largest absolute Gasteiger partial charge is 0.0901 e. The Morgan fingerprint density at radius 2 is 1.42 bits per heavy atom. The van der Waals surface area contributed by atoms with E-state index in [-0.39, 0.29) is 0 Å². The molecule has 2 aliphatic heterocycles. The summed E-state index contributed by atoms with van der Waals surface area (Å²) in [6, 6.07) is 0. The van der Waals surface area contributed by atoms with Gasteiger partial charge in [0.05, 0.1) is 17.4 Å². The van der Waals surface area contributed by atoms with Gasteiger partial charge in [0.25, 0.3) is 0 Å². The summed E-state index contributed by atoms with van der Waals surface area (Å²) in [5, 5.41) is 0. The lowest BCUT2D eigenvalue weighted by Gasteiger charge is -2.17. The maximum atomic E-state index is 2.94. The van der Waals surface area contributed by atoms with Gasteiger partial charge in [0.15, 0.2) is 0 Å². The Bertz CT molecular complexity index is 126. The van der Waals surface area contributed by atoms with Crippen LogP contribution in [0.25, 0.3) is 0 Å². The molecule has 1 radical (unpaired) electrons. The predicted octanol–water partition coefficient (Wildman–Crippen LogP) is -9.39. The maximum Gasteiger partial charge on any atom is 0.0901 e. The summed E-state index contributed by atoms with van der Waals surface area (Å²) >= 11 is 0. The van der Waals surface area contributed by atoms with E-state index in [1.54, 1.807) is 11.0 Å². The van der Waals surface area contributed by atoms with Crippen LogP contribution < -0.4 is 0 Å². The minimum atomic E-state index is 0.622. The van der Waals surface area contributed by atoms with Gasteiger partial charge in [-0.1, -0.05) is 0 Å². The van der Waals surface area contributed by atoms with Crippen LogP contribution in [-0.2, 0) is 0 Å². The highest BCUT2D eigenvalue weighted by molar-refractivity contribution is 8.01. The fourth-order valence-corrected chi connectivity index (χ4v) is 150. The maximum absolute atomic E-state index is 2.94.